The molecule has 0 radical (unpaired) electrons. The van der Waals surface area contributed by atoms with Crippen LogP contribution in [0.2, 0.25) is 0 Å². The van der Waals surface area contributed by atoms with Crippen LogP contribution >= 0.6 is 0 Å². The number of anilines is 1. The van der Waals surface area contributed by atoms with Crippen molar-refractivity contribution in [1.82, 2.24) is 20.1 Å². The van der Waals surface area contributed by atoms with Gasteiger partial charge in [0.2, 0.25) is 5.91 Å². The maximum Gasteiger partial charge on any atom is 0.269 e. The molecule has 0 aliphatic carbocycles. The number of pyridine rings is 1. The van der Waals surface area contributed by atoms with Crippen LogP contribution in [0, 0.1) is 5.82 Å². The zero-order valence-corrected chi connectivity index (χ0v) is 15.3. The second-order valence-electron chi connectivity index (χ2n) is 5.85. The van der Waals surface area contributed by atoms with Gasteiger partial charge in [-0.15, -0.1) is 0 Å². The number of amides is 2. The van der Waals surface area contributed by atoms with Crippen molar-refractivity contribution in [2.75, 3.05) is 19.0 Å². The summed E-state index contributed by atoms with van der Waals surface area (Å²) in [6, 6.07) is 8.14. The van der Waals surface area contributed by atoms with Gasteiger partial charge in [-0.2, -0.15) is 5.10 Å². The van der Waals surface area contributed by atoms with Crippen LogP contribution in [0.5, 0.6) is 5.75 Å². The first-order valence-electron chi connectivity index (χ1n) is 8.33. The van der Waals surface area contributed by atoms with E-state index in [0.29, 0.717) is 28.3 Å². The predicted octanol–water partition coefficient (Wildman–Crippen LogP) is 2.00. The molecule has 3 rings (SSSR count). The molecule has 2 heterocycles. The molecule has 0 saturated heterocycles. The number of hydrogen-bond acceptors (Lipinski definition) is 5. The molecule has 28 heavy (non-hydrogen) atoms. The van der Waals surface area contributed by atoms with Crippen LogP contribution in [-0.4, -0.2) is 40.2 Å². The normalized spacial score (nSPS) is 10.4. The van der Waals surface area contributed by atoms with E-state index in [2.05, 4.69) is 20.7 Å². The number of nitrogens with zero attached hydrogens (tertiary/aromatic N) is 3. The van der Waals surface area contributed by atoms with Crippen LogP contribution in [-0.2, 0) is 11.8 Å². The molecule has 0 aliphatic rings. The molecule has 0 fully saturated rings. The number of hydrogen-bond donors (Lipinski definition) is 2. The Kier molecular flexibility index (Phi) is 5.64. The fourth-order valence-electron chi connectivity index (χ4n) is 2.63. The first-order valence-corrected chi connectivity index (χ1v) is 8.33. The van der Waals surface area contributed by atoms with E-state index in [0.717, 1.165) is 6.20 Å². The summed E-state index contributed by atoms with van der Waals surface area (Å²) < 4.78 is 20.7. The summed E-state index contributed by atoms with van der Waals surface area (Å²) in [5.41, 5.74) is 1.74. The molecule has 9 heteroatoms. The second-order valence-corrected chi connectivity index (χ2v) is 5.85. The van der Waals surface area contributed by atoms with Crippen molar-refractivity contribution >= 4 is 17.5 Å². The third-order valence-corrected chi connectivity index (χ3v) is 4.01. The van der Waals surface area contributed by atoms with Gasteiger partial charge < -0.3 is 15.4 Å². The molecule has 3 aromatic rings. The molecule has 0 atom stereocenters. The molecular formula is C19H18FN5O3. The standard InChI is InChI=1S/C19H18FN5O3/c1-25-15(7-8-23-25)19(27)22-11-17(26)24-13-5-3-12(4-6-13)18-14(20)9-21-10-16(18)28-2/h3-10H,11H2,1-2H3,(H,22,27)(H,24,26). The molecule has 1 aromatic carbocycles. The summed E-state index contributed by atoms with van der Waals surface area (Å²) in [6.07, 6.45) is 4.04. The maximum absolute atomic E-state index is 14.1. The van der Waals surface area contributed by atoms with Gasteiger partial charge in [-0.25, -0.2) is 4.39 Å². The molecule has 2 amide bonds. The number of aryl methyl sites for hydroxylation is 1. The predicted molar refractivity (Wildman–Crippen MR) is 100 cm³/mol. The van der Waals surface area contributed by atoms with Gasteiger partial charge in [0, 0.05) is 18.9 Å². The lowest BCUT2D eigenvalue weighted by atomic mass is 10.1. The number of carbonyl (C=O) groups excluding carboxylic acids is 2. The molecule has 0 spiro atoms. The second kappa shape index (κ2) is 8.30. The quantitative estimate of drug-likeness (QED) is 0.678. The molecular weight excluding hydrogens is 365 g/mol. The highest BCUT2D eigenvalue weighted by Crippen LogP contribution is 2.32. The van der Waals surface area contributed by atoms with Crippen LogP contribution < -0.4 is 15.4 Å². The van der Waals surface area contributed by atoms with Crippen molar-refractivity contribution in [3.63, 3.8) is 0 Å². The molecule has 8 nitrogen and oxygen atoms in total. The minimum absolute atomic E-state index is 0.196. The number of carbonyl (C=O) groups is 2. The van der Waals surface area contributed by atoms with Crippen molar-refractivity contribution in [2.45, 2.75) is 0 Å². The Morgan fingerprint density at radius 2 is 1.93 bits per heavy atom. The first-order chi connectivity index (χ1) is 13.5. The Balaban J connectivity index is 1.62. The largest absolute Gasteiger partial charge is 0.494 e. The van der Waals surface area contributed by atoms with E-state index in [1.54, 1.807) is 37.4 Å². The highest BCUT2D eigenvalue weighted by Gasteiger charge is 2.13. The number of rotatable bonds is 6. The van der Waals surface area contributed by atoms with Crippen molar-refractivity contribution < 1.29 is 18.7 Å². The lowest BCUT2D eigenvalue weighted by Crippen LogP contribution is -2.33. The molecule has 0 aliphatic heterocycles. The van der Waals surface area contributed by atoms with Crippen LogP contribution in [0.1, 0.15) is 10.5 Å². The minimum Gasteiger partial charge on any atom is -0.494 e. The third-order valence-electron chi connectivity index (χ3n) is 4.01. The van der Waals surface area contributed by atoms with Crippen LogP contribution in [0.25, 0.3) is 11.1 Å². The monoisotopic (exact) mass is 383 g/mol. The van der Waals surface area contributed by atoms with Gasteiger partial charge in [-0.1, -0.05) is 12.1 Å². The van der Waals surface area contributed by atoms with E-state index >= 15 is 0 Å². The van der Waals surface area contributed by atoms with E-state index in [9.17, 15) is 14.0 Å². The van der Waals surface area contributed by atoms with Crippen LogP contribution in [0.3, 0.4) is 0 Å². The van der Waals surface area contributed by atoms with Crippen LogP contribution in [0.4, 0.5) is 10.1 Å². The SMILES string of the molecule is COc1cncc(F)c1-c1ccc(NC(=O)CNC(=O)c2ccnn2C)cc1. The van der Waals surface area contributed by atoms with Gasteiger partial charge in [0.25, 0.3) is 5.91 Å². The lowest BCUT2D eigenvalue weighted by molar-refractivity contribution is -0.115. The smallest absolute Gasteiger partial charge is 0.269 e. The summed E-state index contributed by atoms with van der Waals surface area (Å²) >= 11 is 0. The topological polar surface area (TPSA) is 98.1 Å². The van der Waals surface area contributed by atoms with E-state index in [1.807, 2.05) is 0 Å². The average molecular weight is 383 g/mol. The minimum atomic E-state index is -0.506. The van der Waals surface area contributed by atoms with Gasteiger partial charge in [0.05, 0.1) is 31.6 Å². The zero-order valence-electron chi connectivity index (χ0n) is 15.3. The van der Waals surface area contributed by atoms with Gasteiger partial charge >= 0.3 is 0 Å². The van der Waals surface area contributed by atoms with E-state index in [-0.39, 0.29) is 6.54 Å². The van der Waals surface area contributed by atoms with Crippen LogP contribution in [0.15, 0.2) is 48.9 Å². The molecule has 2 aromatic heterocycles. The molecule has 0 bridgehead atoms. The molecule has 0 unspecified atom stereocenters. The van der Waals surface area contributed by atoms with Gasteiger partial charge in [-0.3, -0.25) is 19.3 Å². The number of methoxy groups -OCH3 is 1. The fraction of sp³-hybridized carbons (Fsp3) is 0.158. The van der Waals surface area contributed by atoms with Crippen molar-refractivity contribution in [2.24, 2.45) is 7.05 Å². The lowest BCUT2D eigenvalue weighted by Gasteiger charge is -2.11. The van der Waals surface area contributed by atoms with Crippen molar-refractivity contribution in [3.8, 4) is 16.9 Å². The van der Waals surface area contributed by atoms with Gasteiger partial charge in [0.15, 0.2) is 5.82 Å². The number of halogens is 1. The Morgan fingerprint density at radius 3 is 2.57 bits per heavy atom. The Morgan fingerprint density at radius 1 is 1.18 bits per heavy atom. The van der Waals surface area contributed by atoms with Gasteiger partial charge in [-0.05, 0) is 23.8 Å². The zero-order chi connectivity index (χ0) is 20.1. The number of aromatic nitrogens is 3. The van der Waals surface area contributed by atoms with Crippen molar-refractivity contribution in [3.05, 3.63) is 60.4 Å². The number of benzene rings is 1. The summed E-state index contributed by atoms with van der Waals surface area (Å²) in [5.74, 6) is -0.981. The Hall–Kier alpha value is -3.75. The molecule has 0 saturated carbocycles. The highest BCUT2D eigenvalue weighted by molar-refractivity contribution is 5.98. The summed E-state index contributed by atoms with van der Waals surface area (Å²) in [5, 5.41) is 9.09. The number of ether oxygens (including phenoxy) is 1. The number of nitrogens with one attached hydrogen (secondary N) is 2. The third kappa shape index (κ3) is 4.14. The van der Waals surface area contributed by atoms with Gasteiger partial charge in [0.1, 0.15) is 11.4 Å². The van der Waals surface area contributed by atoms with E-state index < -0.39 is 17.6 Å². The molecule has 2 N–H and O–H groups in total. The van der Waals surface area contributed by atoms with Crippen molar-refractivity contribution in [1.29, 1.82) is 0 Å². The summed E-state index contributed by atoms with van der Waals surface area (Å²) in [4.78, 5) is 27.8. The summed E-state index contributed by atoms with van der Waals surface area (Å²) in [7, 11) is 3.07. The molecule has 144 valence electrons. The Bertz CT molecular complexity index is 1000. The highest BCUT2D eigenvalue weighted by atomic mass is 19.1. The maximum atomic E-state index is 14.1. The first kappa shape index (κ1) is 19.0. The summed E-state index contributed by atoms with van der Waals surface area (Å²) in [6.45, 7) is -0.196. The Labute approximate surface area is 160 Å². The van der Waals surface area contributed by atoms with E-state index in [1.165, 1.54) is 24.2 Å². The fourth-order valence-corrected chi connectivity index (χ4v) is 2.63. The average Bonchev–Trinajstić information content (AvgIpc) is 3.12. The van der Waals surface area contributed by atoms with E-state index in [4.69, 9.17) is 4.74 Å².